The summed E-state index contributed by atoms with van der Waals surface area (Å²) < 4.78 is 28.1. The van der Waals surface area contributed by atoms with E-state index in [9.17, 15) is 9.36 Å². The molecule has 1 atom stereocenters. The van der Waals surface area contributed by atoms with Crippen molar-refractivity contribution in [3.05, 3.63) is 78.0 Å². The number of benzene rings is 2. The van der Waals surface area contributed by atoms with Crippen molar-refractivity contribution in [1.82, 2.24) is 4.98 Å². The van der Waals surface area contributed by atoms with Gasteiger partial charge in [-0.05, 0) is 43.2 Å². The second kappa shape index (κ2) is 10.8. The predicted octanol–water partition coefficient (Wildman–Crippen LogP) is 5.88. The lowest BCUT2D eigenvalue weighted by atomic mass is 9.99. The molecule has 1 aliphatic heterocycles. The summed E-state index contributed by atoms with van der Waals surface area (Å²) in [5.74, 6) is -0.136. The van der Waals surface area contributed by atoms with Crippen LogP contribution in [-0.4, -0.2) is 30.3 Å². The van der Waals surface area contributed by atoms with Crippen LogP contribution < -0.4 is 5.32 Å². The summed E-state index contributed by atoms with van der Waals surface area (Å²) in [4.78, 5) is 21.4. The lowest BCUT2D eigenvalue weighted by molar-refractivity contribution is -0.115. The van der Waals surface area contributed by atoms with Gasteiger partial charge in [0.1, 0.15) is 11.7 Å². The monoisotopic (exact) mass is 479 g/mol. The zero-order chi connectivity index (χ0) is 24.0. The lowest BCUT2D eigenvalue weighted by Gasteiger charge is -2.16. The molecule has 0 saturated carbocycles. The standard InChI is InChI=1S/C25H26N3O5P/c1-3-31-34(30,32-4-2)33-17-18-10-12-21(13-11-18)26-16-23-22-14-20(19-8-6-5-7-9-19)15-27-24(22)28-25(23)29/h5-16,23H,3-4,17H2,1-2H3,(H,27,28,29). The number of carbonyl (C=O) groups is 1. The minimum Gasteiger partial charge on any atom is -0.310 e. The average Bonchev–Trinajstić information content (AvgIpc) is 3.17. The van der Waals surface area contributed by atoms with Crippen LogP contribution in [0.25, 0.3) is 11.1 Å². The van der Waals surface area contributed by atoms with Gasteiger partial charge in [0.15, 0.2) is 0 Å². The second-order valence-corrected chi connectivity index (χ2v) is 9.16. The van der Waals surface area contributed by atoms with Crippen LogP contribution in [0.3, 0.4) is 0 Å². The summed E-state index contributed by atoms with van der Waals surface area (Å²) in [6, 6.07) is 19.1. The number of phosphoric ester groups is 1. The number of aromatic nitrogens is 1. The van der Waals surface area contributed by atoms with E-state index in [0.29, 0.717) is 11.5 Å². The van der Waals surface area contributed by atoms with E-state index in [1.165, 1.54) is 0 Å². The molecule has 1 aliphatic rings. The van der Waals surface area contributed by atoms with Gasteiger partial charge in [0.25, 0.3) is 0 Å². The Labute approximate surface area is 198 Å². The average molecular weight is 479 g/mol. The van der Waals surface area contributed by atoms with Crippen LogP contribution in [0.1, 0.15) is 30.9 Å². The van der Waals surface area contributed by atoms with Crippen molar-refractivity contribution in [2.75, 3.05) is 18.5 Å². The molecule has 0 radical (unpaired) electrons. The first-order chi connectivity index (χ1) is 16.5. The number of aliphatic imine (C=N–C) groups is 1. The number of fused-ring (bicyclic) bond motifs is 1. The van der Waals surface area contributed by atoms with Gasteiger partial charge in [-0.2, -0.15) is 0 Å². The number of amides is 1. The molecule has 3 aromatic rings. The Hall–Kier alpha value is -3.16. The predicted molar refractivity (Wildman–Crippen MR) is 131 cm³/mol. The highest BCUT2D eigenvalue weighted by molar-refractivity contribution is 7.48. The van der Waals surface area contributed by atoms with Crippen LogP contribution in [0, 0.1) is 0 Å². The third kappa shape index (κ3) is 5.66. The van der Waals surface area contributed by atoms with Gasteiger partial charge < -0.3 is 5.32 Å². The lowest BCUT2D eigenvalue weighted by Crippen LogP contribution is -2.12. The van der Waals surface area contributed by atoms with Gasteiger partial charge in [-0.15, -0.1) is 0 Å². The highest BCUT2D eigenvalue weighted by atomic mass is 31.2. The number of nitrogens with zero attached hydrogens (tertiary/aromatic N) is 2. The van der Waals surface area contributed by atoms with E-state index in [4.69, 9.17) is 13.6 Å². The normalized spacial score (nSPS) is 15.5. The Morgan fingerprint density at radius 2 is 1.71 bits per heavy atom. The molecule has 1 amide bonds. The van der Waals surface area contributed by atoms with E-state index in [2.05, 4.69) is 15.3 Å². The second-order valence-electron chi connectivity index (χ2n) is 7.50. The maximum absolute atomic E-state index is 12.5. The molecule has 34 heavy (non-hydrogen) atoms. The van der Waals surface area contributed by atoms with Crippen molar-refractivity contribution in [3.8, 4) is 11.1 Å². The van der Waals surface area contributed by atoms with Crippen molar-refractivity contribution in [2.24, 2.45) is 4.99 Å². The van der Waals surface area contributed by atoms with Crippen LogP contribution in [0.2, 0.25) is 0 Å². The van der Waals surface area contributed by atoms with E-state index >= 15 is 0 Å². The quantitative estimate of drug-likeness (QED) is 0.288. The first-order valence-corrected chi connectivity index (χ1v) is 12.5. The Balaban J connectivity index is 1.45. The summed E-state index contributed by atoms with van der Waals surface area (Å²) in [6.07, 6.45) is 3.38. The number of anilines is 1. The molecule has 0 saturated heterocycles. The topological polar surface area (TPSA) is 99.1 Å². The van der Waals surface area contributed by atoms with E-state index in [0.717, 1.165) is 22.3 Å². The summed E-state index contributed by atoms with van der Waals surface area (Å²) >= 11 is 0. The summed E-state index contributed by atoms with van der Waals surface area (Å²) in [7, 11) is -3.57. The van der Waals surface area contributed by atoms with Crippen molar-refractivity contribution in [2.45, 2.75) is 26.4 Å². The molecule has 1 N–H and O–H groups in total. The van der Waals surface area contributed by atoms with E-state index in [-0.39, 0.29) is 25.7 Å². The maximum atomic E-state index is 12.5. The molecule has 9 heteroatoms. The highest BCUT2D eigenvalue weighted by Crippen LogP contribution is 2.49. The summed E-state index contributed by atoms with van der Waals surface area (Å²) in [5, 5.41) is 2.81. The molecular weight excluding hydrogens is 453 g/mol. The molecule has 0 spiro atoms. The molecular formula is C25H26N3O5P. The van der Waals surface area contributed by atoms with Gasteiger partial charge in [-0.3, -0.25) is 23.4 Å². The fourth-order valence-corrected chi connectivity index (χ4v) is 4.68. The fourth-order valence-electron chi connectivity index (χ4n) is 3.52. The number of pyridine rings is 1. The number of carbonyl (C=O) groups excluding carboxylic acids is 1. The van der Waals surface area contributed by atoms with Crippen molar-refractivity contribution < 1.29 is 22.9 Å². The number of rotatable bonds is 10. The van der Waals surface area contributed by atoms with Crippen LogP contribution in [0.15, 0.2) is 71.9 Å². The molecule has 0 fully saturated rings. The Kier molecular flexibility index (Phi) is 7.65. The Bertz CT molecular complexity index is 1200. The van der Waals surface area contributed by atoms with Gasteiger partial charge in [-0.1, -0.05) is 42.5 Å². The third-order valence-electron chi connectivity index (χ3n) is 5.16. The van der Waals surface area contributed by atoms with E-state index in [1.54, 1.807) is 38.4 Å². The zero-order valence-electron chi connectivity index (χ0n) is 19.0. The minimum absolute atomic E-state index is 0.0770. The third-order valence-corrected chi connectivity index (χ3v) is 6.75. The van der Waals surface area contributed by atoms with Gasteiger partial charge in [0.05, 0.1) is 25.5 Å². The van der Waals surface area contributed by atoms with E-state index < -0.39 is 13.7 Å². The number of hydrogen-bond acceptors (Lipinski definition) is 7. The maximum Gasteiger partial charge on any atom is 0.475 e. The Morgan fingerprint density at radius 3 is 2.38 bits per heavy atom. The molecule has 1 unspecified atom stereocenters. The van der Waals surface area contributed by atoms with Crippen LogP contribution in [0.4, 0.5) is 11.5 Å². The van der Waals surface area contributed by atoms with Crippen molar-refractivity contribution in [3.63, 3.8) is 0 Å². The van der Waals surface area contributed by atoms with Gasteiger partial charge >= 0.3 is 7.82 Å². The number of phosphoric acid groups is 1. The molecule has 8 nitrogen and oxygen atoms in total. The van der Waals surface area contributed by atoms with Gasteiger partial charge in [0.2, 0.25) is 5.91 Å². The number of nitrogens with one attached hydrogen (secondary N) is 1. The first kappa shape index (κ1) is 24.0. The van der Waals surface area contributed by atoms with Crippen LogP contribution in [0.5, 0.6) is 0 Å². The van der Waals surface area contributed by atoms with Crippen LogP contribution in [-0.2, 0) is 29.5 Å². The molecule has 176 valence electrons. The molecule has 0 bridgehead atoms. The molecule has 2 aromatic carbocycles. The van der Waals surface area contributed by atoms with Crippen LogP contribution >= 0.6 is 7.82 Å². The smallest absolute Gasteiger partial charge is 0.310 e. The van der Waals surface area contributed by atoms with Crippen molar-refractivity contribution in [1.29, 1.82) is 0 Å². The fraction of sp³-hybridized carbons (Fsp3) is 0.240. The molecule has 2 heterocycles. The number of hydrogen-bond donors (Lipinski definition) is 1. The Morgan fingerprint density at radius 1 is 1.00 bits per heavy atom. The van der Waals surface area contributed by atoms with Crippen molar-refractivity contribution >= 4 is 31.4 Å². The van der Waals surface area contributed by atoms with Gasteiger partial charge in [0, 0.05) is 23.5 Å². The summed E-state index contributed by atoms with van der Waals surface area (Å²) in [6.45, 7) is 3.98. The van der Waals surface area contributed by atoms with Gasteiger partial charge in [-0.25, -0.2) is 9.55 Å². The minimum atomic E-state index is -3.57. The zero-order valence-corrected chi connectivity index (χ0v) is 19.9. The highest BCUT2D eigenvalue weighted by Gasteiger charge is 2.30. The molecule has 1 aromatic heterocycles. The SMILES string of the molecule is CCOP(=O)(OCC)OCc1ccc(N=CC2C(=O)Nc3ncc(-c4ccccc4)cc32)cc1. The van der Waals surface area contributed by atoms with E-state index in [1.807, 2.05) is 48.5 Å². The first-order valence-electron chi connectivity index (χ1n) is 11.0. The summed E-state index contributed by atoms with van der Waals surface area (Å²) in [5.41, 5.74) is 4.23. The molecule has 0 aliphatic carbocycles. The largest absolute Gasteiger partial charge is 0.475 e. The molecule has 4 rings (SSSR count).